The molecule has 0 amide bonds. The lowest BCUT2D eigenvalue weighted by Crippen LogP contribution is -2.54. The van der Waals surface area contributed by atoms with E-state index in [4.69, 9.17) is 0 Å². The molecule has 1 N–H and O–H groups in total. The Morgan fingerprint density at radius 3 is 2.52 bits per heavy atom. The van der Waals surface area contributed by atoms with Crippen molar-refractivity contribution in [3.63, 3.8) is 0 Å². The normalized spacial score (nSPS) is 24.2. The zero-order chi connectivity index (χ0) is 15.5. The standard InChI is InChI=1S/C15H21F3N2S/c1-11-9-20(10-12(2)19-11)6-7-21-14-5-3-4-13(8-14)15(16,17)18/h3-5,8,11-12,19H,6-7,9-10H2,1-2H3. The van der Waals surface area contributed by atoms with Crippen LogP contribution < -0.4 is 5.32 Å². The van der Waals surface area contributed by atoms with Crippen molar-refractivity contribution in [2.24, 2.45) is 0 Å². The summed E-state index contributed by atoms with van der Waals surface area (Å²) in [6.45, 7) is 7.20. The van der Waals surface area contributed by atoms with Gasteiger partial charge in [0.25, 0.3) is 0 Å². The van der Waals surface area contributed by atoms with E-state index in [1.165, 1.54) is 23.9 Å². The molecule has 21 heavy (non-hydrogen) atoms. The third-order valence-electron chi connectivity index (χ3n) is 3.47. The summed E-state index contributed by atoms with van der Waals surface area (Å²) in [5.41, 5.74) is -0.572. The van der Waals surface area contributed by atoms with Gasteiger partial charge in [-0.1, -0.05) is 6.07 Å². The maximum Gasteiger partial charge on any atom is 0.416 e. The summed E-state index contributed by atoms with van der Waals surface area (Å²) in [5, 5.41) is 3.47. The number of alkyl halides is 3. The van der Waals surface area contributed by atoms with Crippen LogP contribution in [0, 0.1) is 0 Å². The first-order valence-electron chi connectivity index (χ1n) is 7.13. The summed E-state index contributed by atoms with van der Waals surface area (Å²) in [4.78, 5) is 3.05. The monoisotopic (exact) mass is 318 g/mol. The Bertz CT molecular complexity index is 454. The number of nitrogens with zero attached hydrogens (tertiary/aromatic N) is 1. The highest BCUT2D eigenvalue weighted by Gasteiger charge is 2.30. The van der Waals surface area contributed by atoms with Crippen LogP contribution in [0.5, 0.6) is 0 Å². The zero-order valence-electron chi connectivity index (χ0n) is 12.3. The van der Waals surface area contributed by atoms with Gasteiger partial charge < -0.3 is 5.32 Å². The molecular formula is C15H21F3N2S. The highest BCUT2D eigenvalue weighted by atomic mass is 32.2. The van der Waals surface area contributed by atoms with Crippen LogP contribution in [0.1, 0.15) is 19.4 Å². The Kier molecular flexibility index (Phi) is 5.57. The minimum Gasteiger partial charge on any atom is -0.309 e. The van der Waals surface area contributed by atoms with E-state index < -0.39 is 11.7 Å². The van der Waals surface area contributed by atoms with Gasteiger partial charge in [-0.05, 0) is 32.0 Å². The van der Waals surface area contributed by atoms with Gasteiger partial charge in [-0.15, -0.1) is 11.8 Å². The molecule has 2 nitrogen and oxygen atoms in total. The van der Waals surface area contributed by atoms with E-state index in [0.29, 0.717) is 17.0 Å². The molecule has 118 valence electrons. The fraction of sp³-hybridized carbons (Fsp3) is 0.600. The molecule has 1 aromatic carbocycles. The van der Waals surface area contributed by atoms with E-state index in [1.807, 2.05) is 0 Å². The summed E-state index contributed by atoms with van der Waals surface area (Å²) in [7, 11) is 0. The SMILES string of the molecule is CC1CN(CCSc2cccc(C(F)(F)F)c2)CC(C)N1. The summed E-state index contributed by atoms with van der Waals surface area (Å²) < 4.78 is 37.9. The molecule has 1 heterocycles. The van der Waals surface area contributed by atoms with Gasteiger partial charge in [0, 0.05) is 42.4 Å². The lowest BCUT2D eigenvalue weighted by molar-refractivity contribution is -0.137. The van der Waals surface area contributed by atoms with Crippen molar-refractivity contribution in [2.75, 3.05) is 25.4 Å². The summed E-state index contributed by atoms with van der Waals surface area (Å²) in [5.74, 6) is 0.806. The number of thioether (sulfide) groups is 1. The quantitative estimate of drug-likeness (QED) is 0.856. The van der Waals surface area contributed by atoms with E-state index in [0.717, 1.165) is 31.5 Å². The molecule has 1 saturated heterocycles. The van der Waals surface area contributed by atoms with Crippen molar-refractivity contribution in [1.29, 1.82) is 0 Å². The number of piperazine rings is 1. The Labute approximate surface area is 128 Å². The average molecular weight is 318 g/mol. The molecule has 2 atom stereocenters. The molecule has 0 bridgehead atoms. The Hall–Kier alpha value is -0.720. The number of hydrogen-bond acceptors (Lipinski definition) is 3. The lowest BCUT2D eigenvalue weighted by atomic mass is 10.1. The fourth-order valence-electron chi connectivity index (χ4n) is 2.68. The van der Waals surface area contributed by atoms with Gasteiger partial charge >= 0.3 is 6.18 Å². The smallest absolute Gasteiger partial charge is 0.309 e. The molecule has 1 aliphatic heterocycles. The second kappa shape index (κ2) is 7.03. The topological polar surface area (TPSA) is 15.3 Å². The second-order valence-electron chi connectivity index (χ2n) is 5.60. The van der Waals surface area contributed by atoms with E-state index in [9.17, 15) is 13.2 Å². The van der Waals surface area contributed by atoms with Crippen LogP contribution in [0.4, 0.5) is 13.2 Å². The molecule has 0 saturated carbocycles. The van der Waals surface area contributed by atoms with Crippen LogP contribution in [0.2, 0.25) is 0 Å². The molecule has 0 aliphatic carbocycles. The van der Waals surface area contributed by atoms with Crippen LogP contribution >= 0.6 is 11.8 Å². The van der Waals surface area contributed by atoms with Crippen molar-refractivity contribution in [2.45, 2.75) is 37.0 Å². The van der Waals surface area contributed by atoms with Crippen LogP contribution in [0.3, 0.4) is 0 Å². The molecule has 0 spiro atoms. The lowest BCUT2D eigenvalue weighted by Gasteiger charge is -2.36. The number of halogens is 3. The number of hydrogen-bond donors (Lipinski definition) is 1. The van der Waals surface area contributed by atoms with Crippen LogP contribution in [0.25, 0.3) is 0 Å². The minimum absolute atomic E-state index is 0.465. The summed E-state index contributed by atoms with van der Waals surface area (Å²) in [6, 6.07) is 6.49. The number of nitrogens with one attached hydrogen (secondary N) is 1. The first kappa shape index (κ1) is 16.6. The van der Waals surface area contributed by atoms with Crippen molar-refractivity contribution >= 4 is 11.8 Å². The van der Waals surface area contributed by atoms with Gasteiger partial charge in [-0.3, -0.25) is 4.90 Å². The minimum atomic E-state index is -4.26. The van der Waals surface area contributed by atoms with Crippen molar-refractivity contribution < 1.29 is 13.2 Å². The molecule has 0 aromatic heterocycles. The zero-order valence-corrected chi connectivity index (χ0v) is 13.1. The highest BCUT2D eigenvalue weighted by Crippen LogP contribution is 2.31. The molecule has 6 heteroatoms. The molecule has 1 aliphatic rings. The van der Waals surface area contributed by atoms with Gasteiger partial charge in [0.1, 0.15) is 0 Å². The first-order chi connectivity index (χ1) is 9.84. The van der Waals surface area contributed by atoms with E-state index in [1.54, 1.807) is 6.07 Å². The molecule has 0 radical (unpaired) electrons. The van der Waals surface area contributed by atoms with E-state index >= 15 is 0 Å². The fourth-order valence-corrected chi connectivity index (χ4v) is 3.65. The molecule has 2 rings (SSSR count). The molecule has 1 aromatic rings. The molecule has 2 unspecified atom stereocenters. The van der Waals surface area contributed by atoms with Gasteiger partial charge in [-0.25, -0.2) is 0 Å². The Balaban J connectivity index is 1.83. The third-order valence-corrected chi connectivity index (χ3v) is 4.44. The van der Waals surface area contributed by atoms with E-state index in [2.05, 4.69) is 24.1 Å². The van der Waals surface area contributed by atoms with Crippen molar-refractivity contribution in [1.82, 2.24) is 10.2 Å². The number of benzene rings is 1. The second-order valence-corrected chi connectivity index (χ2v) is 6.77. The predicted octanol–water partition coefficient (Wildman–Crippen LogP) is 3.48. The van der Waals surface area contributed by atoms with Crippen LogP contribution in [-0.4, -0.2) is 42.4 Å². The Morgan fingerprint density at radius 2 is 1.90 bits per heavy atom. The largest absolute Gasteiger partial charge is 0.416 e. The third kappa shape index (κ3) is 5.20. The predicted molar refractivity (Wildman–Crippen MR) is 80.7 cm³/mol. The van der Waals surface area contributed by atoms with Crippen molar-refractivity contribution in [3.05, 3.63) is 29.8 Å². The van der Waals surface area contributed by atoms with Crippen molar-refractivity contribution in [3.8, 4) is 0 Å². The van der Waals surface area contributed by atoms with Gasteiger partial charge in [0.2, 0.25) is 0 Å². The van der Waals surface area contributed by atoms with Gasteiger partial charge in [-0.2, -0.15) is 13.2 Å². The maximum absolute atomic E-state index is 12.6. The summed E-state index contributed by atoms with van der Waals surface area (Å²) in [6.07, 6.45) is -4.26. The average Bonchev–Trinajstić information content (AvgIpc) is 2.37. The van der Waals surface area contributed by atoms with Crippen LogP contribution in [-0.2, 0) is 6.18 Å². The Morgan fingerprint density at radius 1 is 1.24 bits per heavy atom. The van der Waals surface area contributed by atoms with Gasteiger partial charge in [0.05, 0.1) is 5.56 Å². The molecule has 1 fully saturated rings. The number of rotatable bonds is 4. The maximum atomic E-state index is 12.6. The molecular weight excluding hydrogens is 297 g/mol. The van der Waals surface area contributed by atoms with Crippen LogP contribution in [0.15, 0.2) is 29.2 Å². The highest BCUT2D eigenvalue weighted by molar-refractivity contribution is 7.99. The first-order valence-corrected chi connectivity index (χ1v) is 8.11. The van der Waals surface area contributed by atoms with E-state index in [-0.39, 0.29) is 0 Å². The van der Waals surface area contributed by atoms with Gasteiger partial charge in [0.15, 0.2) is 0 Å². The summed E-state index contributed by atoms with van der Waals surface area (Å²) >= 11 is 1.48.